The van der Waals surface area contributed by atoms with Crippen molar-refractivity contribution in [3.05, 3.63) is 0 Å². The fourth-order valence-corrected chi connectivity index (χ4v) is 0.0645. The molecule has 0 spiro atoms. The lowest BCUT2D eigenvalue weighted by Crippen LogP contribution is -2.17. The van der Waals surface area contributed by atoms with Gasteiger partial charge in [-0.15, -0.1) is 0 Å². The molecular formula is C4H16N4O. The summed E-state index contributed by atoms with van der Waals surface area (Å²) in [6.07, 6.45) is 0. The highest BCUT2D eigenvalue weighted by Gasteiger charge is 1.65. The van der Waals surface area contributed by atoms with E-state index in [0.717, 1.165) is 0 Å². The number of nitrogens with two attached hydrogens (primary N) is 3. The van der Waals surface area contributed by atoms with Crippen LogP contribution in [0.25, 0.3) is 0 Å². The Morgan fingerprint density at radius 2 is 1.44 bits per heavy atom. The molecular weight excluding hydrogens is 120 g/mol. The number of rotatable bonds is 3. The minimum atomic E-state index is 0.472. The Morgan fingerprint density at radius 1 is 1.00 bits per heavy atom. The molecule has 0 unspecified atom stereocenters. The largest absolute Gasteiger partial charge is 0.329 e. The lowest BCUT2D eigenvalue weighted by atomic mass is 10.7. The van der Waals surface area contributed by atoms with Crippen LogP contribution in [0.3, 0.4) is 0 Å². The van der Waals surface area contributed by atoms with Crippen molar-refractivity contribution in [2.75, 3.05) is 26.2 Å². The third-order valence-electron chi connectivity index (χ3n) is 0.423. The first kappa shape index (κ1) is 11.6. The van der Waals surface area contributed by atoms with E-state index < -0.39 is 0 Å². The van der Waals surface area contributed by atoms with E-state index in [9.17, 15) is 0 Å². The second-order valence-corrected chi connectivity index (χ2v) is 1.27. The van der Waals surface area contributed by atoms with Crippen LogP contribution in [0.4, 0.5) is 0 Å². The van der Waals surface area contributed by atoms with E-state index in [-0.39, 0.29) is 0 Å². The predicted octanol–water partition coefficient (Wildman–Crippen LogP) is -2.17. The minimum Gasteiger partial charge on any atom is -0.329 e. The van der Waals surface area contributed by atoms with E-state index in [2.05, 4.69) is 0 Å². The van der Waals surface area contributed by atoms with Gasteiger partial charge < -0.3 is 22.4 Å². The van der Waals surface area contributed by atoms with Crippen molar-refractivity contribution < 1.29 is 5.21 Å². The Hall–Kier alpha value is -0.200. The van der Waals surface area contributed by atoms with Gasteiger partial charge in [0.25, 0.3) is 0 Å². The molecule has 0 aliphatic carbocycles. The summed E-state index contributed by atoms with van der Waals surface area (Å²) in [6.45, 7) is 2.15. The van der Waals surface area contributed by atoms with Gasteiger partial charge >= 0.3 is 0 Å². The predicted molar refractivity (Wildman–Crippen MR) is 37.0 cm³/mol. The molecule has 9 heavy (non-hydrogen) atoms. The maximum Gasteiger partial charge on any atom is 0.0330 e. The zero-order valence-electron chi connectivity index (χ0n) is 5.51. The van der Waals surface area contributed by atoms with E-state index in [1.807, 2.05) is 5.48 Å². The van der Waals surface area contributed by atoms with E-state index in [1.165, 1.54) is 0 Å². The molecule has 0 atom stereocenters. The van der Waals surface area contributed by atoms with Crippen LogP contribution in [-0.4, -0.2) is 31.4 Å². The summed E-state index contributed by atoms with van der Waals surface area (Å²) >= 11 is 0. The van der Waals surface area contributed by atoms with Crippen molar-refractivity contribution in [2.24, 2.45) is 17.2 Å². The zero-order chi connectivity index (χ0) is 7.54. The molecule has 0 aromatic heterocycles. The molecule has 0 bridgehead atoms. The maximum atomic E-state index is 7.74. The molecule has 58 valence electrons. The highest BCUT2D eigenvalue weighted by molar-refractivity contribution is 4.28. The number of hydrogen-bond donors (Lipinski definition) is 5. The zero-order valence-corrected chi connectivity index (χ0v) is 5.51. The summed E-state index contributed by atoms with van der Waals surface area (Å²) in [5.74, 6) is 0. The molecule has 5 nitrogen and oxygen atoms in total. The van der Waals surface area contributed by atoms with Gasteiger partial charge in [-0.05, 0) is 0 Å². The smallest absolute Gasteiger partial charge is 0.0330 e. The highest BCUT2D eigenvalue weighted by Crippen LogP contribution is 1.36. The molecule has 0 amide bonds. The first-order valence-corrected chi connectivity index (χ1v) is 2.80. The van der Waals surface area contributed by atoms with Gasteiger partial charge in [-0.25, -0.2) is 5.48 Å². The molecule has 0 aromatic rings. The number of nitrogens with one attached hydrogen (secondary N) is 1. The summed E-state index contributed by atoms with van der Waals surface area (Å²) in [6, 6.07) is 0. The fraction of sp³-hybridized carbons (Fsp3) is 1.00. The maximum absolute atomic E-state index is 7.74. The molecule has 0 aliphatic rings. The summed E-state index contributed by atoms with van der Waals surface area (Å²) in [5, 5.41) is 7.74. The van der Waals surface area contributed by atoms with Crippen molar-refractivity contribution in [3.8, 4) is 0 Å². The first-order valence-electron chi connectivity index (χ1n) is 2.80. The molecule has 0 heterocycles. The third kappa shape index (κ3) is 33.5. The van der Waals surface area contributed by atoms with Gasteiger partial charge in [0.05, 0.1) is 0 Å². The van der Waals surface area contributed by atoms with Gasteiger partial charge in [-0.3, -0.25) is 0 Å². The Morgan fingerprint density at radius 3 is 1.44 bits per heavy atom. The SMILES string of the molecule is NCCN.NCCNO. The first-order chi connectivity index (χ1) is 4.33. The van der Waals surface area contributed by atoms with Crippen LogP contribution in [0.1, 0.15) is 0 Å². The third-order valence-corrected chi connectivity index (χ3v) is 0.423. The van der Waals surface area contributed by atoms with Crippen LogP contribution in [-0.2, 0) is 0 Å². The second-order valence-electron chi connectivity index (χ2n) is 1.27. The van der Waals surface area contributed by atoms with Crippen LogP contribution in [0.2, 0.25) is 0 Å². The minimum absolute atomic E-state index is 0.472. The summed E-state index contributed by atoms with van der Waals surface area (Å²) in [5.41, 5.74) is 16.6. The van der Waals surface area contributed by atoms with Crippen molar-refractivity contribution in [2.45, 2.75) is 0 Å². The van der Waals surface area contributed by atoms with Crippen LogP contribution in [0.5, 0.6) is 0 Å². The molecule has 0 aliphatic heterocycles. The topological polar surface area (TPSA) is 110 Å². The normalized spacial score (nSPS) is 8.00. The van der Waals surface area contributed by atoms with Crippen LogP contribution < -0.4 is 22.7 Å². The second kappa shape index (κ2) is 15.7. The van der Waals surface area contributed by atoms with Gasteiger partial charge in [0.2, 0.25) is 0 Å². The number of hydrogen-bond acceptors (Lipinski definition) is 5. The van der Waals surface area contributed by atoms with Gasteiger partial charge in [0.1, 0.15) is 0 Å². The molecule has 0 aromatic carbocycles. The molecule has 0 rings (SSSR count). The average molecular weight is 136 g/mol. The Labute approximate surface area is 55.2 Å². The van der Waals surface area contributed by atoms with Crippen molar-refractivity contribution >= 4 is 0 Å². The van der Waals surface area contributed by atoms with Crippen LogP contribution >= 0.6 is 0 Å². The van der Waals surface area contributed by atoms with E-state index in [4.69, 9.17) is 22.4 Å². The highest BCUT2D eigenvalue weighted by atomic mass is 16.5. The van der Waals surface area contributed by atoms with E-state index in [0.29, 0.717) is 26.2 Å². The standard InChI is InChI=1S/C2H8N2O.C2H8N2/c3-1-2-4-5;3-1-2-4/h4-5H,1-3H2;1-4H2. The lowest BCUT2D eigenvalue weighted by Gasteiger charge is -1.84. The van der Waals surface area contributed by atoms with E-state index >= 15 is 0 Å². The summed E-state index contributed by atoms with van der Waals surface area (Å²) in [7, 11) is 0. The summed E-state index contributed by atoms with van der Waals surface area (Å²) in [4.78, 5) is 0. The average Bonchev–Trinajstić information content (AvgIpc) is 1.91. The number of hydroxylamine groups is 1. The van der Waals surface area contributed by atoms with Crippen molar-refractivity contribution in [3.63, 3.8) is 0 Å². The molecule has 0 saturated carbocycles. The van der Waals surface area contributed by atoms with Crippen LogP contribution in [0.15, 0.2) is 0 Å². The van der Waals surface area contributed by atoms with E-state index in [1.54, 1.807) is 0 Å². The Balaban J connectivity index is 0. The van der Waals surface area contributed by atoms with Crippen molar-refractivity contribution in [1.82, 2.24) is 5.48 Å². The lowest BCUT2D eigenvalue weighted by molar-refractivity contribution is 0.170. The fourth-order valence-electron chi connectivity index (χ4n) is 0.0645. The molecule has 5 heteroatoms. The van der Waals surface area contributed by atoms with Gasteiger partial charge in [0.15, 0.2) is 0 Å². The van der Waals surface area contributed by atoms with Crippen molar-refractivity contribution in [1.29, 1.82) is 0 Å². The molecule has 0 saturated heterocycles. The quantitative estimate of drug-likeness (QED) is 0.283. The molecule has 8 N–H and O–H groups in total. The van der Waals surface area contributed by atoms with Gasteiger partial charge in [-0.1, -0.05) is 0 Å². The Kier molecular flexibility index (Phi) is 20.1. The molecule has 0 radical (unpaired) electrons. The monoisotopic (exact) mass is 136 g/mol. The van der Waals surface area contributed by atoms with Gasteiger partial charge in [0, 0.05) is 26.2 Å². The van der Waals surface area contributed by atoms with Crippen LogP contribution in [0, 0.1) is 0 Å². The summed E-state index contributed by atoms with van der Waals surface area (Å²) < 4.78 is 0. The molecule has 0 fully saturated rings. The van der Waals surface area contributed by atoms with Gasteiger partial charge in [-0.2, -0.15) is 0 Å². The Bertz CT molecular complexity index is 31.7.